The van der Waals surface area contributed by atoms with E-state index < -0.39 is 18.0 Å². The van der Waals surface area contributed by atoms with Gasteiger partial charge in [0.05, 0.1) is 11.3 Å². The molecule has 0 radical (unpaired) electrons. The van der Waals surface area contributed by atoms with E-state index in [1.165, 1.54) is 0 Å². The van der Waals surface area contributed by atoms with Crippen molar-refractivity contribution in [3.63, 3.8) is 0 Å². The summed E-state index contributed by atoms with van der Waals surface area (Å²) in [5, 5.41) is 5.55. The van der Waals surface area contributed by atoms with Crippen LogP contribution in [0.15, 0.2) is 53.5 Å². The smallest absolute Gasteiger partial charge is 0.343 e. The molecule has 0 aliphatic carbocycles. The van der Waals surface area contributed by atoms with Gasteiger partial charge in [0, 0.05) is 6.54 Å². The van der Waals surface area contributed by atoms with Gasteiger partial charge in [-0.05, 0) is 61.8 Å². The molecule has 1 amide bonds. The maximum absolute atomic E-state index is 12.4. The lowest BCUT2D eigenvalue weighted by atomic mass is 10.1. The van der Waals surface area contributed by atoms with Crippen LogP contribution in [0, 0.1) is 0 Å². The molecule has 0 saturated heterocycles. The van der Waals surface area contributed by atoms with Gasteiger partial charge in [-0.2, -0.15) is 0 Å². The van der Waals surface area contributed by atoms with Gasteiger partial charge in [0.1, 0.15) is 11.8 Å². The van der Waals surface area contributed by atoms with E-state index in [1.54, 1.807) is 55.6 Å². The minimum Gasteiger partial charge on any atom is -0.454 e. The summed E-state index contributed by atoms with van der Waals surface area (Å²) in [6.45, 7) is 2.26. The predicted molar refractivity (Wildman–Crippen MR) is 128 cm³/mol. The number of nitrogens with two attached hydrogens (primary N) is 2. The van der Waals surface area contributed by atoms with Crippen molar-refractivity contribution >= 4 is 38.1 Å². The third-order valence-corrected chi connectivity index (χ3v) is 5.10. The average molecular weight is 473 g/mol. The Bertz CT molecular complexity index is 976. The SMILES string of the molecule is CNC(C(=O)OCC(=O)NCCPC)c1ccc(OC(=O)c2ccc(N=C(N)N)cc2)cc1. The number of benzene rings is 2. The van der Waals surface area contributed by atoms with Gasteiger partial charge >= 0.3 is 11.9 Å². The molecule has 0 aromatic heterocycles. The lowest BCUT2D eigenvalue weighted by molar-refractivity contribution is -0.150. The second-order valence-corrected chi connectivity index (χ2v) is 8.03. The van der Waals surface area contributed by atoms with Crippen molar-refractivity contribution < 1.29 is 23.9 Å². The Balaban J connectivity index is 1.94. The van der Waals surface area contributed by atoms with Crippen molar-refractivity contribution in [3.8, 4) is 5.75 Å². The zero-order chi connectivity index (χ0) is 24.2. The van der Waals surface area contributed by atoms with E-state index in [1.807, 2.05) is 6.66 Å². The zero-order valence-corrected chi connectivity index (χ0v) is 19.5. The van der Waals surface area contributed by atoms with Crippen molar-refractivity contribution in [2.75, 3.05) is 33.0 Å². The number of ether oxygens (including phenoxy) is 2. The number of aliphatic imine (C=N–C) groups is 1. The summed E-state index contributed by atoms with van der Waals surface area (Å²) in [6, 6.07) is 11.9. The number of amides is 1. The van der Waals surface area contributed by atoms with Crippen LogP contribution in [0.5, 0.6) is 5.75 Å². The first-order valence-corrected chi connectivity index (χ1v) is 11.8. The molecule has 0 aliphatic heterocycles. The van der Waals surface area contributed by atoms with E-state index in [0.717, 1.165) is 14.7 Å². The van der Waals surface area contributed by atoms with Crippen LogP contribution in [-0.4, -0.2) is 56.8 Å². The Morgan fingerprint density at radius 1 is 1.06 bits per heavy atom. The first kappa shape index (κ1) is 25.8. The molecule has 2 aromatic carbocycles. The van der Waals surface area contributed by atoms with Crippen LogP contribution in [0.2, 0.25) is 0 Å². The fourth-order valence-electron chi connectivity index (χ4n) is 2.73. The molecule has 0 fully saturated rings. The molecule has 0 aliphatic rings. The van der Waals surface area contributed by atoms with Crippen molar-refractivity contribution in [2.45, 2.75) is 6.04 Å². The molecule has 0 saturated carbocycles. The quantitative estimate of drug-likeness (QED) is 0.0941. The standard InChI is InChI=1S/C22H28N5O5P/c1-25-19(21(30)31-13-18(28)26-11-12-33-2)14-5-9-17(10-6-14)32-20(29)15-3-7-16(8-4-15)27-22(23)24/h3-10,19,25,33H,11-13H2,1-2H3,(H,26,28)(H4,23,24,27). The lowest BCUT2D eigenvalue weighted by Gasteiger charge is -2.16. The van der Waals surface area contributed by atoms with Crippen molar-refractivity contribution in [2.24, 2.45) is 16.5 Å². The fraction of sp³-hybridized carbons (Fsp3) is 0.273. The highest BCUT2D eigenvalue weighted by atomic mass is 31.1. The number of guanidine groups is 1. The van der Waals surface area contributed by atoms with Crippen molar-refractivity contribution in [1.29, 1.82) is 0 Å². The molecule has 0 spiro atoms. The number of hydrogen-bond donors (Lipinski definition) is 4. The van der Waals surface area contributed by atoms with Gasteiger partial charge in [-0.3, -0.25) is 4.79 Å². The van der Waals surface area contributed by atoms with Crippen LogP contribution in [0.25, 0.3) is 0 Å². The highest BCUT2D eigenvalue weighted by molar-refractivity contribution is 7.37. The minimum absolute atomic E-state index is 0.0790. The van der Waals surface area contributed by atoms with Gasteiger partial charge < -0.3 is 31.6 Å². The third kappa shape index (κ3) is 8.51. The summed E-state index contributed by atoms with van der Waals surface area (Å²) in [4.78, 5) is 40.3. The first-order valence-electron chi connectivity index (χ1n) is 10.1. The number of likely N-dealkylation sites (N-methyl/N-ethyl adjacent to an activating group) is 1. The minimum atomic E-state index is -0.775. The molecule has 176 valence electrons. The number of nitrogens with one attached hydrogen (secondary N) is 2. The van der Waals surface area contributed by atoms with Gasteiger partial charge in [-0.25, -0.2) is 14.6 Å². The molecule has 2 rings (SSSR count). The summed E-state index contributed by atoms with van der Waals surface area (Å²) in [7, 11) is 2.35. The first-order chi connectivity index (χ1) is 15.8. The third-order valence-electron chi connectivity index (χ3n) is 4.35. The molecule has 10 nitrogen and oxygen atoms in total. The molecule has 2 aromatic rings. The van der Waals surface area contributed by atoms with Crippen LogP contribution in [-0.2, 0) is 14.3 Å². The lowest BCUT2D eigenvalue weighted by Crippen LogP contribution is -2.33. The fourth-order valence-corrected chi connectivity index (χ4v) is 3.11. The summed E-state index contributed by atoms with van der Waals surface area (Å²) in [5.41, 5.74) is 12.1. The van der Waals surface area contributed by atoms with Crippen LogP contribution in [0.4, 0.5) is 5.69 Å². The molecule has 2 unspecified atom stereocenters. The van der Waals surface area contributed by atoms with Crippen LogP contribution in [0.3, 0.4) is 0 Å². The topological polar surface area (TPSA) is 158 Å². The largest absolute Gasteiger partial charge is 0.454 e. The monoisotopic (exact) mass is 473 g/mol. The van der Waals surface area contributed by atoms with Crippen molar-refractivity contribution in [3.05, 3.63) is 59.7 Å². The molecule has 6 N–H and O–H groups in total. The van der Waals surface area contributed by atoms with Crippen LogP contribution >= 0.6 is 8.58 Å². The Kier molecular flexibility index (Phi) is 10.3. The normalized spacial score (nSPS) is 11.6. The average Bonchev–Trinajstić information content (AvgIpc) is 2.79. The van der Waals surface area contributed by atoms with E-state index in [0.29, 0.717) is 29.1 Å². The Morgan fingerprint density at radius 3 is 2.30 bits per heavy atom. The van der Waals surface area contributed by atoms with Crippen LogP contribution < -0.4 is 26.8 Å². The van der Waals surface area contributed by atoms with Gasteiger partial charge in [0.25, 0.3) is 5.91 Å². The second-order valence-electron chi connectivity index (χ2n) is 6.83. The zero-order valence-electron chi connectivity index (χ0n) is 18.5. The van der Waals surface area contributed by atoms with Crippen molar-refractivity contribution in [1.82, 2.24) is 10.6 Å². The Hall–Kier alpha value is -3.49. The van der Waals surface area contributed by atoms with Crippen LogP contribution in [0.1, 0.15) is 22.0 Å². The second kappa shape index (κ2) is 13.1. The Morgan fingerprint density at radius 2 is 1.73 bits per heavy atom. The number of esters is 2. The molecule has 0 heterocycles. The molecular formula is C22H28N5O5P. The summed E-state index contributed by atoms with van der Waals surface area (Å²) < 4.78 is 10.5. The molecular weight excluding hydrogens is 445 g/mol. The molecule has 33 heavy (non-hydrogen) atoms. The summed E-state index contributed by atoms with van der Waals surface area (Å²) in [5.74, 6) is -1.26. The highest BCUT2D eigenvalue weighted by Gasteiger charge is 2.21. The summed E-state index contributed by atoms with van der Waals surface area (Å²) >= 11 is 0. The molecule has 11 heteroatoms. The molecule has 2 atom stereocenters. The van der Waals surface area contributed by atoms with E-state index >= 15 is 0 Å². The number of nitrogens with zero attached hydrogens (tertiary/aromatic N) is 1. The van der Waals surface area contributed by atoms with Gasteiger partial charge in [-0.1, -0.05) is 12.1 Å². The van der Waals surface area contributed by atoms with Gasteiger partial charge in [0.15, 0.2) is 12.6 Å². The number of carbonyl (C=O) groups is 3. The number of rotatable bonds is 11. The van der Waals surface area contributed by atoms with Gasteiger partial charge in [0.2, 0.25) is 0 Å². The maximum atomic E-state index is 12.4. The van der Waals surface area contributed by atoms with E-state index in [4.69, 9.17) is 20.9 Å². The van der Waals surface area contributed by atoms with E-state index in [-0.39, 0.29) is 18.5 Å². The van der Waals surface area contributed by atoms with E-state index in [2.05, 4.69) is 15.6 Å². The van der Waals surface area contributed by atoms with Gasteiger partial charge in [-0.15, -0.1) is 8.58 Å². The number of carbonyl (C=O) groups excluding carboxylic acids is 3. The predicted octanol–water partition coefficient (Wildman–Crippen LogP) is 1.04. The summed E-state index contributed by atoms with van der Waals surface area (Å²) in [6.07, 6.45) is 0.888. The van der Waals surface area contributed by atoms with E-state index in [9.17, 15) is 14.4 Å². The number of hydrogen-bond acceptors (Lipinski definition) is 7. The Labute approximate surface area is 193 Å². The maximum Gasteiger partial charge on any atom is 0.343 e. The highest BCUT2D eigenvalue weighted by Crippen LogP contribution is 2.20. The molecule has 0 bridgehead atoms.